The van der Waals surface area contributed by atoms with Crippen molar-refractivity contribution in [3.05, 3.63) is 58.6 Å². The fourth-order valence-electron chi connectivity index (χ4n) is 2.95. The quantitative estimate of drug-likeness (QED) is 0.533. The van der Waals surface area contributed by atoms with Crippen LogP contribution in [0.15, 0.2) is 42.5 Å². The first-order valence-electron chi connectivity index (χ1n) is 9.38. The molecule has 0 unspecified atom stereocenters. The lowest BCUT2D eigenvalue weighted by atomic mass is 10.1. The molecule has 30 heavy (non-hydrogen) atoms. The molecule has 0 aliphatic rings. The van der Waals surface area contributed by atoms with Gasteiger partial charge < -0.3 is 10.1 Å². The van der Waals surface area contributed by atoms with Gasteiger partial charge in [-0.05, 0) is 43.2 Å². The second-order valence-corrected chi connectivity index (χ2v) is 10.2. The number of carbonyl (C=O) groups excluding carboxylic acids is 1. The van der Waals surface area contributed by atoms with E-state index in [-0.39, 0.29) is 10.9 Å². The third-order valence-corrected chi connectivity index (χ3v) is 7.09. The Morgan fingerprint density at radius 2 is 1.97 bits per heavy atom. The molecule has 1 N–H and O–H groups in total. The smallest absolute Gasteiger partial charge is 0.243 e. The summed E-state index contributed by atoms with van der Waals surface area (Å²) in [5, 5.41) is 3.09. The molecular formula is C21H27ClN2O4S2. The van der Waals surface area contributed by atoms with E-state index in [1.54, 1.807) is 30.8 Å². The van der Waals surface area contributed by atoms with Crippen LogP contribution in [0.5, 0.6) is 5.75 Å². The van der Waals surface area contributed by atoms with E-state index in [1.165, 1.54) is 24.3 Å². The van der Waals surface area contributed by atoms with Crippen molar-refractivity contribution in [3.63, 3.8) is 0 Å². The maximum absolute atomic E-state index is 12.6. The number of rotatable bonds is 10. The van der Waals surface area contributed by atoms with Gasteiger partial charge in [0.1, 0.15) is 11.8 Å². The maximum Gasteiger partial charge on any atom is 0.243 e. The second-order valence-electron chi connectivity index (χ2n) is 6.82. The van der Waals surface area contributed by atoms with Gasteiger partial charge in [-0.2, -0.15) is 11.8 Å². The van der Waals surface area contributed by atoms with E-state index in [9.17, 15) is 13.2 Å². The normalized spacial score (nSPS) is 12.3. The summed E-state index contributed by atoms with van der Waals surface area (Å²) in [6.07, 6.45) is 1.06. The van der Waals surface area contributed by atoms with Gasteiger partial charge in [-0.25, -0.2) is 8.42 Å². The minimum Gasteiger partial charge on any atom is -0.495 e. The summed E-state index contributed by atoms with van der Waals surface area (Å²) >= 11 is 7.85. The van der Waals surface area contributed by atoms with E-state index in [1.807, 2.05) is 12.1 Å². The molecule has 9 heteroatoms. The van der Waals surface area contributed by atoms with Crippen molar-refractivity contribution < 1.29 is 17.9 Å². The number of amides is 1. The molecule has 0 radical (unpaired) electrons. The number of carbonyl (C=O) groups is 1. The summed E-state index contributed by atoms with van der Waals surface area (Å²) in [4.78, 5) is 12.6. The Balaban J connectivity index is 1.97. The highest BCUT2D eigenvalue weighted by Crippen LogP contribution is 2.31. The van der Waals surface area contributed by atoms with E-state index in [4.69, 9.17) is 16.3 Å². The Hall–Kier alpha value is -1.90. The van der Waals surface area contributed by atoms with Gasteiger partial charge in [-0.3, -0.25) is 9.10 Å². The van der Waals surface area contributed by atoms with Gasteiger partial charge >= 0.3 is 0 Å². The summed E-state index contributed by atoms with van der Waals surface area (Å²) in [6.45, 7) is 4.07. The molecule has 0 aliphatic carbocycles. The van der Waals surface area contributed by atoms with E-state index < -0.39 is 16.1 Å². The first-order chi connectivity index (χ1) is 14.1. The number of thioether (sulfide) groups is 1. The number of sulfonamides is 1. The summed E-state index contributed by atoms with van der Waals surface area (Å²) in [7, 11) is -2.23. The molecular weight excluding hydrogens is 444 g/mol. The lowest BCUT2D eigenvalue weighted by molar-refractivity contribution is -0.121. The molecule has 0 aliphatic heterocycles. The van der Waals surface area contributed by atoms with Crippen molar-refractivity contribution in [2.75, 3.05) is 30.0 Å². The molecule has 0 aromatic heterocycles. The van der Waals surface area contributed by atoms with Gasteiger partial charge in [0.15, 0.2) is 0 Å². The second kappa shape index (κ2) is 10.9. The fourth-order valence-corrected chi connectivity index (χ4v) is 5.30. The highest BCUT2D eigenvalue weighted by Gasteiger charge is 2.29. The molecule has 1 atom stereocenters. The van der Waals surface area contributed by atoms with Crippen LogP contribution in [0.4, 0.5) is 5.69 Å². The number of methoxy groups -OCH3 is 1. The minimum absolute atomic E-state index is 0.267. The number of hydrogen-bond acceptors (Lipinski definition) is 5. The predicted molar refractivity (Wildman–Crippen MR) is 125 cm³/mol. The molecule has 1 amide bonds. The minimum atomic E-state index is -3.71. The van der Waals surface area contributed by atoms with Crippen molar-refractivity contribution >= 4 is 45.0 Å². The molecule has 0 bridgehead atoms. The van der Waals surface area contributed by atoms with Gasteiger partial charge in [-0.15, -0.1) is 0 Å². The van der Waals surface area contributed by atoms with Crippen molar-refractivity contribution in [1.82, 2.24) is 5.32 Å². The number of nitrogens with zero attached hydrogens (tertiary/aromatic N) is 1. The highest BCUT2D eigenvalue weighted by atomic mass is 35.5. The van der Waals surface area contributed by atoms with Crippen LogP contribution in [0.3, 0.4) is 0 Å². The van der Waals surface area contributed by atoms with E-state index in [0.717, 1.165) is 22.1 Å². The number of benzene rings is 2. The molecule has 0 fully saturated rings. The van der Waals surface area contributed by atoms with Gasteiger partial charge in [0.05, 0.1) is 24.1 Å². The first-order valence-corrected chi connectivity index (χ1v) is 12.8. The number of ether oxygens (including phenoxy) is 1. The van der Waals surface area contributed by atoms with Crippen LogP contribution in [0.25, 0.3) is 0 Å². The molecule has 0 saturated carbocycles. The fraction of sp³-hybridized carbons (Fsp3) is 0.381. The molecule has 2 aromatic carbocycles. The number of anilines is 1. The Morgan fingerprint density at radius 3 is 2.57 bits per heavy atom. The van der Waals surface area contributed by atoms with Crippen LogP contribution in [0.1, 0.15) is 18.1 Å². The van der Waals surface area contributed by atoms with Crippen LogP contribution in [-0.4, -0.2) is 46.0 Å². The average molecular weight is 471 g/mol. The SMILES string of the molecule is COc1ccc(N([C@@H](C)C(=O)NCCSCc2ccccc2C)S(C)(=O)=O)cc1Cl. The molecule has 2 aromatic rings. The van der Waals surface area contributed by atoms with Crippen molar-refractivity contribution in [2.24, 2.45) is 0 Å². The molecule has 0 heterocycles. The monoisotopic (exact) mass is 470 g/mol. The van der Waals surface area contributed by atoms with Crippen LogP contribution in [0, 0.1) is 6.92 Å². The summed E-state index contributed by atoms with van der Waals surface area (Å²) in [6, 6.07) is 11.9. The Kier molecular flexibility index (Phi) is 8.88. The number of nitrogens with one attached hydrogen (secondary N) is 1. The molecule has 0 saturated heterocycles. The zero-order valence-corrected chi connectivity index (χ0v) is 19.9. The van der Waals surface area contributed by atoms with E-state index >= 15 is 0 Å². The van der Waals surface area contributed by atoms with E-state index in [0.29, 0.717) is 18.0 Å². The average Bonchev–Trinajstić information content (AvgIpc) is 2.68. The van der Waals surface area contributed by atoms with Crippen molar-refractivity contribution in [3.8, 4) is 5.75 Å². The molecule has 0 spiro atoms. The first kappa shape index (κ1) is 24.4. The summed E-state index contributed by atoms with van der Waals surface area (Å²) in [5.41, 5.74) is 2.81. The van der Waals surface area contributed by atoms with Crippen LogP contribution in [0.2, 0.25) is 5.02 Å². The molecule has 2 rings (SSSR count). The topological polar surface area (TPSA) is 75.7 Å². The summed E-state index contributed by atoms with van der Waals surface area (Å²) in [5.74, 6) is 1.64. The Morgan fingerprint density at radius 1 is 1.27 bits per heavy atom. The van der Waals surface area contributed by atoms with Crippen LogP contribution in [-0.2, 0) is 20.6 Å². The maximum atomic E-state index is 12.6. The van der Waals surface area contributed by atoms with Gasteiger partial charge in [0, 0.05) is 18.1 Å². The third kappa shape index (κ3) is 6.55. The zero-order chi connectivity index (χ0) is 22.3. The van der Waals surface area contributed by atoms with Gasteiger partial charge in [-0.1, -0.05) is 35.9 Å². The predicted octanol–water partition coefficient (Wildman–Crippen LogP) is 3.86. The van der Waals surface area contributed by atoms with Crippen LogP contribution < -0.4 is 14.4 Å². The Labute approximate surface area is 188 Å². The molecule has 6 nitrogen and oxygen atoms in total. The number of hydrogen-bond donors (Lipinski definition) is 1. The van der Waals surface area contributed by atoms with Crippen molar-refractivity contribution in [2.45, 2.75) is 25.6 Å². The molecule has 164 valence electrons. The number of aryl methyl sites for hydroxylation is 1. The number of halogens is 1. The largest absolute Gasteiger partial charge is 0.495 e. The standard InChI is InChI=1S/C21H27ClN2O4S2/c1-15-7-5-6-8-17(15)14-29-12-11-23-21(25)16(2)24(30(4,26)27)18-9-10-20(28-3)19(22)13-18/h5-10,13,16H,11-12,14H2,1-4H3,(H,23,25)/t16-/m0/s1. The highest BCUT2D eigenvalue weighted by molar-refractivity contribution is 7.98. The van der Waals surface area contributed by atoms with E-state index in [2.05, 4.69) is 24.4 Å². The van der Waals surface area contributed by atoms with Crippen molar-refractivity contribution in [1.29, 1.82) is 0 Å². The Bertz CT molecular complexity index is 983. The van der Waals surface area contributed by atoms with Crippen LogP contribution >= 0.6 is 23.4 Å². The van der Waals surface area contributed by atoms with Gasteiger partial charge in [0.2, 0.25) is 15.9 Å². The summed E-state index contributed by atoms with van der Waals surface area (Å²) < 4.78 is 30.9. The lowest BCUT2D eigenvalue weighted by Gasteiger charge is -2.28. The zero-order valence-electron chi connectivity index (χ0n) is 17.5. The van der Waals surface area contributed by atoms with Gasteiger partial charge in [0.25, 0.3) is 0 Å². The third-order valence-electron chi connectivity index (χ3n) is 4.54. The lowest BCUT2D eigenvalue weighted by Crippen LogP contribution is -2.48.